The Morgan fingerprint density at radius 3 is 2.22 bits per heavy atom. The first-order valence-electron chi connectivity index (χ1n) is 12.1. The summed E-state index contributed by atoms with van der Waals surface area (Å²) >= 11 is 0. The van der Waals surface area contributed by atoms with Gasteiger partial charge in [-0.25, -0.2) is 9.36 Å². The van der Waals surface area contributed by atoms with Gasteiger partial charge in [-0.3, -0.25) is 4.79 Å². The number of hydrogen-bond donors (Lipinski definition) is 0. The summed E-state index contributed by atoms with van der Waals surface area (Å²) in [6.07, 6.45) is 12.2. The van der Waals surface area contributed by atoms with Gasteiger partial charge in [-0.2, -0.15) is 0 Å². The molecule has 0 saturated carbocycles. The summed E-state index contributed by atoms with van der Waals surface area (Å²) in [5.74, 6) is 0.687. The van der Waals surface area contributed by atoms with E-state index in [0.29, 0.717) is 23.7 Å². The highest BCUT2D eigenvalue weighted by Gasteiger charge is 2.15. The molecular formula is C28H40NO3+. The summed E-state index contributed by atoms with van der Waals surface area (Å²) in [4.78, 5) is 24.2. The predicted molar refractivity (Wildman–Crippen MR) is 129 cm³/mol. The molecule has 1 heterocycles. The number of carbonyl (C=O) groups is 2. The number of carbonyl (C=O) groups excluding carboxylic acids is 2. The molecule has 0 amide bonds. The summed E-state index contributed by atoms with van der Waals surface area (Å²) < 4.78 is 6.81. The minimum atomic E-state index is -0.300. The quantitative estimate of drug-likeness (QED) is 0.204. The first kappa shape index (κ1) is 25.8. The lowest BCUT2D eigenvalue weighted by Crippen LogP contribution is -2.33. The molecule has 1 unspecified atom stereocenters. The molecule has 0 aliphatic carbocycles. The van der Waals surface area contributed by atoms with E-state index in [2.05, 4.69) is 38.1 Å². The first-order valence-corrected chi connectivity index (χ1v) is 12.1. The number of aryl methyl sites for hydroxylation is 1. The van der Waals surface area contributed by atoms with E-state index < -0.39 is 0 Å². The van der Waals surface area contributed by atoms with Crippen molar-refractivity contribution in [2.45, 2.75) is 84.6 Å². The molecule has 32 heavy (non-hydrogen) atoms. The Morgan fingerprint density at radius 2 is 1.56 bits per heavy atom. The molecule has 0 saturated heterocycles. The van der Waals surface area contributed by atoms with Crippen molar-refractivity contribution in [1.82, 2.24) is 0 Å². The number of rotatable bonds is 14. The number of methoxy groups -OCH3 is 1. The van der Waals surface area contributed by atoms with Crippen LogP contribution in [0.4, 0.5) is 0 Å². The van der Waals surface area contributed by atoms with Crippen LogP contribution >= 0.6 is 0 Å². The second kappa shape index (κ2) is 13.8. The molecule has 1 aromatic heterocycles. The van der Waals surface area contributed by atoms with Crippen molar-refractivity contribution in [2.75, 3.05) is 7.11 Å². The molecule has 2 rings (SSSR count). The minimum absolute atomic E-state index is 0.0131. The van der Waals surface area contributed by atoms with Gasteiger partial charge in [0, 0.05) is 24.8 Å². The van der Waals surface area contributed by atoms with Gasteiger partial charge in [0.05, 0.1) is 7.11 Å². The molecule has 1 atom stereocenters. The number of ether oxygens (including phenoxy) is 1. The average Bonchev–Trinajstić information content (AvgIpc) is 2.80. The Labute approximate surface area is 194 Å². The maximum atomic E-state index is 12.6. The fraction of sp³-hybridized carbons (Fsp3) is 0.536. The van der Waals surface area contributed by atoms with Crippen LogP contribution in [0.2, 0.25) is 0 Å². The zero-order valence-electron chi connectivity index (χ0n) is 20.3. The SMILES string of the molecule is COC(=O)c1ccc[n+](CCCCCCCCC(=O)C(C)c2ccc(CC(C)C)cc2)c1. The van der Waals surface area contributed by atoms with Crippen molar-refractivity contribution in [3.63, 3.8) is 0 Å². The lowest BCUT2D eigenvalue weighted by Gasteiger charge is -2.12. The monoisotopic (exact) mass is 438 g/mol. The lowest BCUT2D eigenvalue weighted by atomic mass is 9.91. The molecule has 1 aromatic carbocycles. The van der Waals surface area contributed by atoms with Crippen LogP contribution in [0.3, 0.4) is 0 Å². The van der Waals surface area contributed by atoms with Gasteiger partial charge in [-0.1, -0.05) is 64.3 Å². The molecule has 0 N–H and O–H groups in total. The van der Waals surface area contributed by atoms with E-state index in [-0.39, 0.29) is 11.9 Å². The van der Waals surface area contributed by atoms with E-state index in [0.717, 1.165) is 44.2 Å². The van der Waals surface area contributed by atoms with Gasteiger partial charge in [0.15, 0.2) is 12.4 Å². The van der Waals surface area contributed by atoms with Crippen molar-refractivity contribution in [3.8, 4) is 0 Å². The van der Waals surface area contributed by atoms with Gasteiger partial charge >= 0.3 is 5.97 Å². The van der Waals surface area contributed by atoms with E-state index in [1.807, 2.05) is 30.0 Å². The Hall–Kier alpha value is -2.49. The minimum Gasteiger partial charge on any atom is -0.465 e. The number of esters is 1. The van der Waals surface area contributed by atoms with Crippen LogP contribution in [0.25, 0.3) is 0 Å². The number of ketones is 1. The normalized spacial score (nSPS) is 12.0. The van der Waals surface area contributed by atoms with Crippen LogP contribution in [0.15, 0.2) is 48.8 Å². The van der Waals surface area contributed by atoms with E-state index >= 15 is 0 Å². The summed E-state index contributed by atoms with van der Waals surface area (Å²) in [5, 5.41) is 0. The van der Waals surface area contributed by atoms with E-state index in [1.165, 1.54) is 25.5 Å². The number of nitrogens with zero attached hydrogens (tertiary/aromatic N) is 1. The summed E-state index contributed by atoms with van der Waals surface area (Å²) in [5.41, 5.74) is 3.06. The number of hydrogen-bond acceptors (Lipinski definition) is 3. The van der Waals surface area contributed by atoms with Crippen molar-refractivity contribution in [1.29, 1.82) is 0 Å². The van der Waals surface area contributed by atoms with Crippen molar-refractivity contribution in [3.05, 3.63) is 65.5 Å². The number of pyridine rings is 1. The summed E-state index contributed by atoms with van der Waals surface area (Å²) in [7, 11) is 1.40. The first-order chi connectivity index (χ1) is 15.4. The van der Waals surface area contributed by atoms with Gasteiger partial charge in [0.2, 0.25) is 0 Å². The highest BCUT2D eigenvalue weighted by Crippen LogP contribution is 2.21. The molecule has 0 radical (unpaired) electrons. The van der Waals surface area contributed by atoms with Gasteiger partial charge in [0.25, 0.3) is 0 Å². The van der Waals surface area contributed by atoms with Crippen molar-refractivity contribution in [2.24, 2.45) is 5.92 Å². The molecule has 4 heteroatoms. The van der Waals surface area contributed by atoms with E-state index in [1.54, 1.807) is 6.07 Å². The van der Waals surface area contributed by atoms with Crippen LogP contribution in [-0.2, 0) is 22.5 Å². The molecule has 4 nitrogen and oxygen atoms in total. The Morgan fingerprint density at radius 1 is 0.906 bits per heavy atom. The molecule has 0 bridgehead atoms. The molecule has 0 fully saturated rings. The van der Waals surface area contributed by atoms with Crippen LogP contribution in [0.5, 0.6) is 0 Å². The summed E-state index contributed by atoms with van der Waals surface area (Å²) in [6.45, 7) is 7.39. The zero-order chi connectivity index (χ0) is 23.3. The van der Waals surface area contributed by atoms with Gasteiger partial charge in [0.1, 0.15) is 17.9 Å². The van der Waals surface area contributed by atoms with E-state index in [9.17, 15) is 9.59 Å². The van der Waals surface area contributed by atoms with Crippen LogP contribution < -0.4 is 4.57 Å². The smallest absolute Gasteiger partial charge is 0.343 e. The van der Waals surface area contributed by atoms with Crippen LogP contribution in [0, 0.1) is 5.92 Å². The Kier molecular flexibility index (Phi) is 11.1. The Bertz CT molecular complexity index is 842. The van der Waals surface area contributed by atoms with Crippen molar-refractivity contribution < 1.29 is 18.9 Å². The number of unbranched alkanes of at least 4 members (excludes halogenated alkanes) is 5. The lowest BCUT2D eigenvalue weighted by molar-refractivity contribution is -0.697. The maximum absolute atomic E-state index is 12.6. The average molecular weight is 439 g/mol. The summed E-state index contributed by atoms with van der Waals surface area (Å²) in [6, 6.07) is 12.2. The highest BCUT2D eigenvalue weighted by atomic mass is 16.5. The fourth-order valence-electron chi connectivity index (χ4n) is 4.02. The van der Waals surface area contributed by atoms with Crippen LogP contribution in [-0.4, -0.2) is 18.9 Å². The fourth-order valence-corrected chi connectivity index (χ4v) is 4.02. The second-order valence-electron chi connectivity index (χ2n) is 9.22. The second-order valence-corrected chi connectivity index (χ2v) is 9.22. The number of aromatic nitrogens is 1. The van der Waals surface area contributed by atoms with Gasteiger partial charge < -0.3 is 4.74 Å². The maximum Gasteiger partial charge on any atom is 0.343 e. The third-order valence-electron chi connectivity index (χ3n) is 5.98. The largest absolute Gasteiger partial charge is 0.465 e. The molecule has 174 valence electrons. The standard InChI is InChI=1S/C28H40NO3/c1-22(2)20-24-14-16-25(17-15-24)23(3)27(30)13-9-7-5-6-8-10-18-29-19-11-12-26(21-29)28(31)32-4/h11-12,14-17,19,21-23H,5-10,13,18,20H2,1-4H3/q+1. The van der Waals surface area contributed by atoms with Crippen LogP contribution in [0.1, 0.15) is 93.1 Å². The number of Topliss-reactive ketones (excluding diaryl/α,β-unsaturated/α-hetero) is 1. The van der Waals surface area contributed by atoms with Crippen molar-refractivity contribution >= 4 is 11.8 Å². The van der Waals surface area contributed by atoms with Gasteiger partial charge in [-0.15, -0.1) is 0 Å². The number of benzene rings is 1. The van der Waals surface area contributed by atoms with Gasteiger partial charge in [-0.05, 0) is 42.4 Å². The van der Waals surface area contributed by atoms with E-state index in [4.69, 9.17) is 4.74 Å². The predicted octanol–water partition coefficient (Wildman–Crippen LogP) is 6.06. The zero-order valence-corrected chi connectivity index (χ0v) is 20.3. The highest BCUT2D eigenvalue weighted by molar-refractivity contribution is 5.88. The molecule has 0 aliphatic rings. The topological polar surface area (TPSA) is 47.2 Å². The third-order valence-corrected chi connectivity index (χ3v) is 5.98. The molecule has 2 aromatic rings. The molecule has 0 aliphatic heterocycles. The molecule has 0 spiro atoms. The third kappa shape index (κ3) is 8.94. The Balaban J connectivity index is 1.58. The molecular weight excluding hydrogens is 398 g/mol.